The molecule has 1 fully saturated rings. The largest absolute Gasteiger partial charge is 0.292 e. The Bertz CT molecular complexity index is 1230. The number of carbonyl (C=O) groups is 4. The van der Waals surface area contributed by atoms with Crippen LogP contribution in [-0.4, -0.2) is 45.0 Å². The number of nitro benzene ring substituents is 1. The van der Waals surface area contributed by atoms with Crippen molar-refractivity contribution in [2.45, 2.75) is 13.3 Å². The summed E-state index contributed by atoms with van der Waals surface area (Å²) < 4.78 is 13.3. The maximum Gasteiger partial charge on any atom is 0.282 e. The molecule has 2 aromatic rings. The zero-order valence-corrected chi connectivity index (χ0v) is 18.1. The lowest BCUT2D eigenvalue weighted by Gasteiger charge is -2.30. The first kappa shape index (κ1) is 23.0. The number of allylic oxidation sites excluding steroid dienone is 2. The normalized spacial score (nSPS) is 21.4. The third-order valence-corrected chi connectivity index (χ3v) is 6.12. The van der Waals surface area contributed by atoms with Crippen LogP contribution in [0.1, 0.15) is 34.1 Å². The number of hydrazine groups is 1. The number of hydrogen-bond donors (Lipinski definition) is 0. The van der Waals surface area contributed by atoms with Crippen LogP contribution >= 0.6 is 0 Å². The van der Waals surface area contributed by atoms with E-state index in [1.807, 2.05) is 6.08 Å². The van der Waals surface area contributed by atoms with Gasteiger partial charge in [0.05, 0.1) is 16.8 Å². The molecule has 1 heterocycles. The Morgan fingerprint density at radius 1 is 1.12 bits per heavy atom. The Hall–Kier alpha value is -4.21. The molecular formula is C24H20FN3O6. The number of halogens is 1. The highest BCUT2D eigenvalue weighted by Gasteiger charge is 2.53. The van der Waals surface area contributed by atoms with E-state index in [1.54, 1.807) is 13.0 Å². The third kappa shape index (κ3) is 3.98. The zero-order valence-electron chi connectivity index (χ0n) is 18.1. The van der Waals surface area contributed by atoms with Crippen LogP contribution in [0, 0.1) is 33.7 Å². The Balaban J connectivity index is 1.76. The Kier molecular flexibility index (Phi) is 6.06. The lowest BCUT2D eigenvalue weighted by molar-refractivity contribution is -0.385. The number of carbonyl (C=O) groups excluding carboxylic acids is 4. The Labute approximate surface area is 193 Å². The number of nitrogens with zero attached hydrogens (tertiary/aromatic N) is 3. The smallest absolute Gasteiger partial charge is 0.282 e. The molecule has 0 bridgehead atoms. The molecule has 1 aliphatic heterocycles. The number of hydrogen-bond acceptors (Lipinski definition) is 6. The molecule has 0 radical (unpaired) electrons. The minimum atomic E-state index is -1.04. The van der Waals surface area contributed by atoms with Crippen LogP contribution in [0.2, 0.25) is 0 Å². The number of para-hydroxylation sites is 1. The van der Waals surface area contributed by atoms with Gasteiger partial charge in [0, 0.05) is 11.6 Å². The molecule has 0 N–H and O–H groups in total. The topological polar surface area (TPSA) is 118 Å². The van der Waals surface area contributed by atoms with Crippen molar-refractivity contribution in [3.05, 3.63) is 87.7 Å². The fraction of sp³-hybridized carbons (Fsp3) is 0.250. The highest BCUT2D eigenvalue weighted by atomic mass is 19.1. The van der Waals surface area contributed by atoms with E-state index in [4.69, 9.17) is 0 Å². The van der Waals surface area contributed by atoms with Crippen molar-refractivity contribution < 1.29 is 28.5 Å². The van der Waals surface area contributed by atoms with Gasteiger partial charge >= 0.3 is 0 Å². The van der Waals surface area contributed by atoms with Crippen molar-refractivity contribution in [2.75, 3.05) is 6.54 Å². The minimum Gasteiger partial charge on any atom is -0.292 e. The molecule has 4 rings (SSSR count). The van der Waals surface area contributed by atoms with Gasteiger partial charge in [0.2, 0.25) is 0 Å². The number of imide groups is 1. The lowest BCUT2D eigenvalue weighted by Crippen LogP contribution is -2.52. The summed E-state index contributed by atoms with van der Waals surface area (Å²) in [5, 5.41) is 12.8. The van der Waals surface area contributed by atoms with Gasteiger partial charge in [-0.05, 0) is 42.7 Å². The second-order valence-electron chi connectivity index (χ2n) is 8.21. The summed E-state index contributed by atoms with van der Waals surface area (Å²) in [6, 6.07) is 9.64. The molecule has 34 heavy (non-hydrogen) atoms. The highest BCUT2D eigenvalue weighted by Crippen LogP contribution is 2.39. The quantitative estimate of drug-likeness (QED) is 0.213. The van der Waals surface area contributed by atoms with Crippen molar-refractivity contribution in [1.29, 1.82) is 0 Å². The zero-order chi connectivity index (χ0) is 24.6. The first-order valence-electron chi connectivity index (χ1n) is 10.6. The van der Waals surface area contributed by atoms with Gasteiger partial charge < -0.3 is 0 Å². The van der Waals surface area contributed by atoms with E-state index >= 15 is 0 Å². The van der Waals surface area contributed by atoms with Crippen LogP contribution < -0.4 is 0 Å². The van der Waals surface area contributed by atoms with Crippen molar-refractivity contribution in [3.63, 3.8) is 0 Å². The van der Waals surface area contributed by atoms with Gasteiger partial charge in [0.1, 0.15) is 17.9 Å². The van der Waals surface area contributed by atoms with Gasteiger partial charge in [-0.3, -0.25) is 29.3 Å². The molecule has 3 atom stereocenters. The monoisotopic (exact) mass is 465 g/mol. The van der Waals surface area contributed by atoms with Crippen LogP contribution in [0.25, 0.3) is 0 Å². The predicted octanol–water partition coefficient (Wildman–Crippen LogP) is 3.17. The molecule has 1 saturated heterocycles. The third-order valence-electron chi connectivity index (χ3n) is 6.12. The minimum absolute atomic E-state index is 0.0494. The number of fused-ring (bicyclic) bond motifs is 1. The molecule has 1 aliphatic carbocycles. The first-order valence-corrected chi connectivity index (χ1v) is 10.6. The van der Waals surface area contributed by atoms with Crippen molar-refractivity contribution in [2.24, 2.45) is 17.8 Å². The number of rotatable bonds is 6. The summed E-state index contributed by atoms with van der Waals surface area (Å²) in [4.78, 5) is 63.7. The average molecular weight is 465 g/mol. The summed E-state index contributed by atoms with van der Waals surface area (Å²) in [5.74, 6) is -5.25. The molecule has 2 aliphatic rings. The molecule has 174 valence electrons. The van der Waals surface area contributed by atoms with E-state index in [9.17, 15) is 33.7 Å². The molecule has 0 saturated carbocycles. The van der Waals surface area contributed by atoms with Gasteiger partial charge in [-0.25, -0.2) is 9.40 Å². The second-order valence-corrected chi connectivity index (χ2v) is 8.21. The fourth-order valence-corrected chi connectivity index (χ4v) is 4.42. The summed E-state index contributed by atoms with van der Waals surface area (Å²) in [7, 11) is 0. The van der Waals surface area contributed by atoms with Gasteiger partial charge in [0.15, 0.2) is 5.78 Å². The van der Waals surface area contributed by atoms with Gasteiger partial charge in [0.25, 0.3) is 23.4 Å². The molecule has 3 amide bonds. The van der Waals surface area contributed by atoms with Crippen molar-refractivity contribution in [3.8, 4) is 0 Å². The van der Waals surface area contributed by atoms with Crippen molar-refractivity contribution in [1.82, 2.24) is 10.0 Å². The highest BCUT2D eigenvalue weighted by molar-refractivity contribution is 6.10. The Morgan fingerprint density at radius 3 is 2.44 bits per heavy atom. The van der Waals surface area contributed by atoms with Crippen LogP contribution in [0.3, 0.4) is 0 Å². The molecule has 9 nitrogen and oxygen atoms in total. The number of nitro groups is 1. The summed E-state index contributed by atoms with van der Waals surface area (Å²) >= 11 is 0. The maximum atomic E-state index is 13.5. The van der Waals surface area contributed by atoms with E-state index < -0.39 is 58.3 Å². The summed E-state index contributed by atoms with van der Waals surface area (Å²) in [6.07, 6.45) is 3.90. The molecular weight excluding hydrogens is 445 g/mol. The molecule has 0 unspecified atom stereocenters. The van der Waals surface area contributed by atoms with E-state index in [2.05, 4.69) is 0 Å². The van der Waals surface area contributed by atoms with E-state index in [1.165, 1.54) is 30.3 Å². The summed E-state index contributed by atoms with van der Waals surface area (Å²) in [5.41, 5.74) is -0.854. The lowest BCUT2D eigenvalue weighted by atomic mass is 9.78. The summed E-state index contributed by atoms with van der Waals surface area (Å²) in [6.45, 7) is 1.04. The number of amides is 3. The maximum absolute atomic E-state index is 13.5. The number of ketones is 1. The van der Waals surface area contributed by atoms with Gasteiger partial charge in [-0.1, -0.05) is 31.2 Å². The van der Waals surface area contributed by atoms with Crippen LogP contribution in [0.4, 0.5) is 10.1 Å². The average Bonchev–Trinajstić information content (AvgIpc) is 3.08. The molecule has 10 heteroatoms. The number of benzene rings is 2. The van der Waals surface area contributed by atoms with Crippen LogP contribution in [-0.2, 0) is 9.59 Å². The van der Waals surface area contributed by atoms with Crippen LogP contribution in [0.15, 0.2) is 60.7 Å². The van der Waals surface area contributed by atoms with E-state index in [0.29, 0.717) is 16.4 Å². The predicted molar refractivity (Wildman–Crippen MR) is 117 cm³/mol. The van der Waals surface area contributed by atoms with E-state index in [-0.39, 0.29) is 17.0 Å². The Morgan fingerprint density at radius 2 is 1.79 bits per heavy atom. The molecule has 0 aromatic heterocycles. The first-order chi connectivity index (χ1) is 16.2. The van der Waals surface area contributed by atoms with Crippen LogP contribution in [0.5, 0.6) is 0 Å². The molecule has 0 spiro atoms. The standard InChI is InChI=1S/C24H20FN3O6/c1-14-5-4-7-18-21(14)24(32)27(23(18)31)26(13-20(29)15-9-11-16(25)12-10-15)22(30)17-6-2-3-8-19(17)28(33)34/h2-6,8-12,14,18,21H,7,13H2,1H3/t14-,18-,21+/m1/s1. The molecule has 2 aromatic carbocycles. The van der Waals surface area contributed by atoms with E-state index in [0.717, 1.165) is 18.2 Å². The fourth-order valence-electron chi connectivity index (χ4n) is 4.42. The SMILES string of the molecule is C[C@@H]1C=CC[C@H]2C(=O)N(N(CC(=O)c3ccc(F)cc3)C(=O)c3ccccc3[N+](=O)[O-])C(=O)[C@@H]12. The number of Topliss-reactive ketones (excluding diaryl/α,β-unsaturated/α-hetero) is 1. The van der Waals surface area contributed by atoms with Gasteiger partial charge in [-0.2, -0.15) is 5.01 Å². The van der Waals surface area contributed by atoms with Gasteiger partial charge in [-0.15, -0.1) is 0 Å². The van der Waals surface area contributed by atoms with Crippen molar-refractivity contribution >= 4 is 29.2 Å². The second kappa shape index (κ2) is 8.97.